The molecule has 0 heterocycles. The normalized spacial score (nSPS) is 11.8. The summed E-state index contributed by atoms with van der Waals surface area (Å²) in [5.41, 5.74) is 2.26. The van der Waals surface area contributed by atoms with Gasteiger partial charge in [-0.15, -0.1) is 0 Å². The van der Waals surface area contributed by atoms with Crippen LogP contribution in [0.25, 0.3) is 11.1 Å². The summed E-state index contributed by atoms with van der Waals surface area (Å²) in [6.45, 7) is 1.81. The van der Waals surface area contributed by atoms with Gasteiger partial charge in [0, 0.05) is 0 Å². The average Bonchev–Trinajstić information content (AvgIpc) is 2.46. The predicted molar refractivity (Wildman–Crippen MR) is 74.2 cm³/mol. The van der Waals surface area contributed by atoms with Gasteiger partial charge < -0.3 is 9.84 Å². The molecule has 1 unspecified atom stereocenters. The van der Waals surface area contributed by atoms with Crippen LogP contribution in [0.5, 0.6) is 5.75 Å². The molecule has 3 heteroatoms. The molecule has 98 valence electrons. The van der Waals surface area contributed by atoms with Crippen LogP contribution in [0.4, 0.5) is 0 Å². The molecule has 2 aromatic carbocycles. The van der Waals surface area contributed by atoms with Crippen molar-refractivity contribution in [3.63, 3.8) is 0 Å². The highest BCUT2D eigenvalue weighted by Crippen LogP contribution is 2.22. The van der Waals surface area contributed by atoms with E-state index in [-0.39, 0.29) is 6.61 Å². The van der Waals surface area contributed by atoms with Gasteiger partial charge in [0.2, 0.25) is 0 Å². The Bertz CT molecular complexity index is 532. The van der Waals surface area contributed by atoms with Gasteiger partial charge in [0.15, 0.2) is 0 Å². The first kappa shape index (κ1) is 13.1. The molecule has 2 aromatic rings. The van der Waals surface area contributed by atoms with Crippen molar-refractivity contribution in [2.45, 2.75) is 6.92 Å². The maximum atomic E-state index is 10.7. The highest BCUT2D eigenvalue weighted by Gasteiger charge is 2.11. The van der Waals surface area contributed by atoms with Gasteiger partial charge in [-0.25, -0.2) is 0 Å². The van der Waals surface area contributed by atoms with E-state index in [4.69, 9.17) is 9.84 Å². The van der Waals surface area contributed by atoms with Gasteiger partial charge in [0.05, 0.1) is 5.92 Å². The van der Waals surface area contributed by atoms with Crippen LogP contribution in [0.3, 0.4) is 0 Å². The van der Waals surface area contributed by atoms with Crippen LogP contribution in [0.1, 0.15) is 6.92 Å². The van der Waals surface area contributed by atoms with Crippen molar-refractivity contribution in [3.05, 3.63) is 54.6 Å². The first-order chi connectivity index (χ1) is 9.16. The van der Waals surface area contributed by atoms with Crippen molar-refractivity contribution >= 4 is 5.97 Å². The zero-order valence-corrected chi connectivity index (χ0v) is 10.7. The topological polar surface area (TPSA) is 46.5 Å². The fourth-order valence-electron chi connectivity index (χ4n) is 1.67. The minimum atomic E-state index is -0.846. The lowest BCUT2D eigenvalue weighted by atomic mass is 10.1. The first-order valence-corrected chi connectivity index (χ1v) is 6.18. The van der Waals surface area contributed by atoms with Gasteiger partial charge in [-0.2, -0.15) is 0 Å². The lowest BCUT2D eigenvalue weighted by molar-refractivity contribution is -0.142. The summed E-state index contributed by atoms with van der Waals surface area (Å²) in [4.78, 5) is 10.7. The van der Waals surface area contributed by atoms with Crippen molar-refractivity contribution in [1.82, 2.24) is 0 Å². The molecule has 0 bridgehead atoms. The second-order valence-corrected chi connectivity index (χ2v) is 4.44. The van der Waals surface area contributed by atoms with Crippen LogP contribution in [0.15, 0.2) is 54.6 Å². The third kappa shape index (κ3) is 3.58. The average molecular weight is 256 g/mol. The van der Waals surface area contributed by atoms with Gasteiger partial charge in [-0.3, -0.25) is 4.79 Å². The maximum Gasteiger partial charge on any atom is 0.309 e. The summed E-state index contributed by atoms with van der Waals surface area (Å²) in [7, 11) is 0. The molecule has 0 saturated carbocycles. The first-order valence-electron chi connectivity index (χ1n) is 6.18. The standard InChI is InChI=1S/C16H16O3/c1-12(16(17)18)11-19-15-9-7-14(8-10-15)13-5-3-2-4-6-13/h2-10,12H,11H2,1H3,(H,17,18). The Kier molecular flexibility index (Phi) is 4.18. The van der Waals surface area contributed by atoms with Gasteiger partial charge in [-0.05, 0) is 30.2 Å². The van der Waals surface area contributed by atoms with Crippen molar-refractivity contribution in [1.29, 1.82) is 0 Å². The zero-order valence-electron chi connectivity index (χ0n) is 10.7. The molecule has 0 radical (unpaired) electrons. The van der Waals surface area contributed by atoms with Gasteiger partial charge in [0.25, 0.3) is 0 Å². The predicted octanol–water partition coefficient (Wildman–Crippen LogP) is 3.45. The third-order valence-corrected chi connectivity index (χ3v) is 2.88. The summed E-state index contributed by atoms with van der Waals surface area (Å²) < 4.78 is 5.44. The SMILES string of the molecule is CC(COc1ccc(-c2ccccc2)cc1)C(=O)O. The van der Waals surface area contributed by atoms with Gasteiger partial charge in [0.1, 0.15) is 12.4 Å². The van der Waals surface area contributed by atoms with E-state index >= 15 is 0 Å². The Morgan fingerprint density at radius 1 is 1.05 bits per heavy atom. The smallest absolute Gasteiger partial charge is 0.309 e. The summed E-state index contributed by atoms with van der Waals surface area (Å²) in [6.07, 6.45) is 0. The molecule has 0 aliphatic carbocycles. The van der Waals surface area contributed by atoms with Crippen LogP contribution >= 0.6 is 0 Å². The van der Waals surface area contributed by atoms with Crippen LogP contribution in [0.2, 0.25) is 0 Å². The van der Waals surface area contributed by atoms with Crippen molar-refractivity contribution < 1.29 is 14.6 Å². The van der Waals surface area contributed by atoms with E-state index in [2.05, 4.69) is 0 Å². The Morgan fingerprint density at radius 2 is 1.63 bits per heavy atom. The fourth-order valence-corrected chi connectivity index (χ4v) is 1.67. The van der Waals surface area contributed by atoms with E-state index in [9.17, 15) is 4.79 Å². The molecule has 0 aliphatic rings. The molecule has 1 N–H and O–H groups in total. The number of carbonyl (C=O) groups is 1. The Hall–Kier alpha value is -2.29. The molecular weight excluding hydrogens is 240 g/mol. The molecule has 2 rings (SSSR count). The molecule has 0 amide bonds. The summed E-state index contributed by atoms with van der Waals surface area (Å²) in [5.74, 6) is -0.664. The lowest BCUT2D eigenvalue weighted by Crippen LogP contribution is -2.17. The van der Waals surface area contributed by atoms with Gasteiger partial charge in [-0.1, -0.05) is 42.5 Å². The fraction of sp³-hybridized carbons (Fsp3) is 0.188. The summed E-state index contributed by atoms with van der Waals surface area (Å²) >= 11 is 0. The number of ether oxygens (including phenoxy) is 1. The van der Waals surface area contributed by atoms with Crippen molar-refractivity contribution in [2.24, 2.45) is 5.92 Å². The summed E-state index contributed by atoms with van der Waals surface area (Å²) in [6, 6.07) is 17.7. The maximum absolute atomic E-state index is 10.7. The Balaban J connectivity index is 2.01. The molecular formula is C16H16O3. The number of hydrogen-bond acceptors (Lipinski definition) is 2. The largest absolute Gasteiger partial charge is 0.493 e. The minimum Gasteiger partial charge on any atom is -0.493 e. The monoisotopic (exact) mass is 256 g/mol. The number of benzene rings is 2. The highest BCUT2D eigenvalue weighted by molar-refractivity contribution is 5.69. The number of carboxylic acid groups (broad SMARTS) is 1. The van der Waals surface area contributed by atoms with Gasteiger partial charge >= 0.3 is 5.97 Å². The van der Waals surface area contributed by atoms with Crippen LogP contribution < -0.4 is 4.74 Å². The van der Waals surface area contributed by atoms with Crippen LogP contribution in [-0.4, -0.2) is 17.7 Å². The lowest BCUT2D eigenvalue weighted by Gasteiger charge is -2.09. The quantitative estimate of drug-likeness (QED) is 0.891. The van der Waals surface area contributed by atoms with Crippen LogP contribution in [0, 0.1) is 5.92 Å². The van der Waals surface area contributed by atoms with E-state index in [1.54, 1.807) is 6.92 Å². The Morgan fingerprint density at radius 3 is 2.21 bits per heavy atom. The second kappa shape index (κ2) is 6.05. The van der Waals surface area contributed by atoms with Crippen molar-refractivity contribution in [2.75, 3.05) is 6.61 Å². The molecule has 0 aromatic heterocycles. The van der Waals surface area contributed by atoms with E-state index in [1.165, 1.54) is 0 Å². The molecule has 0 saturated heterocycles. The molecule has 0 fully saturated rings. The van der Waals surface area contributed by atoms with Crippen molar-refractivity contribution in [3.8, 4) is 16.9 Å². The van der Waals surface area contributed by atoms with E-state index in [0.29, 0.717) is 5.75 Å². The minimum absolute atomic E-state index is 0.181. The number of carboxylic acids is 1. The second-order valence-electron chi connectivity index (χ2n) is 4.44. The number of hydrogen-bond donors (Lipinski definition) is 1. The highest BCUT2D eigenvalue weighted by atomic mass is 16.5. The molecule has 0 aliphatic heterocycles. The number of rotatable bonds is 5. The Labute approximate surface area is 112 Å². The molecule has 19 heavy (non-hydrogen) atoms. The van der Waals surface area contributed by atoms with E-state index in [0.717, 1.165) is 11.1 Å². The van der Waals surface area contributed by atoms with E-state index < -0.39 is 11.9 Å². The van der Waals surface area contributed by atoms with Crippen LogP contribution in [-0.2, 0) is 4.79 Å². The molecule has 3 nitrogen and oxygen atoms in total. The van der Waals surface area contributed by atoms with E-state index in [1.807, 2.05) is 54.6 Å². The summed E-state index contributed by atoms with van der Waals surface area (Å²) in [5, 5.41) is 8.77. The molecule has 0 spiro atoms. The zero-order chi connectivity index (χ0) is 13.7. The molecule has 1 atom stereocenters. The third-order valence-electron chi connectivity index (χ3n) is 2.88. The number of aliphatic carboxylic acids is 1.